The third-order valence-electron chi connectivity index (χ3n) is 3.57. The molecule has 0 amide bonds. The first-order chi connectivity index (χ1) is 10.1. The van der Waals surface area contributed by atoms with Crippen molar-refractivity contribution in [2.24, 2.45) is 0 Å². The second-order valence-corrected chi connectivity index (χ2v) is 6.86. The first-order valence-corrected chi connectivity index (χ1v) is 8.73. The highest BCUT2D eigenvalue weighted by Crippen LogP contribution is 2.48. The molecule has 3 aromatic rings. The van der Waals surface area contributed by atoms with Gasteiger partial charge in [0, 0.05) is 0 Å². The van der Waals surface area contributed by atoms with Crippen molar-refractivity contribution in [3.05, 3.63) is 60.2 Å². The van der Waals surface area contributed by atoms with Crippen LogP contribution in [0.5, 0.6) is 0 Å². The van der Waals surface area contributed by atoms with Gasteiger partial charge in [0.15, 0.2) is 0 Å². The van der Waals surface area contributed by atoms with Crippen molar-refractivity contribution in [3.8, 4) is 0 Å². The molecule has 3 nitrogen and oxygen atoms in total. The van der Waals surface area contributed by atoms with Gasteiger partial charge in [0.2, 0.25) is 0 Å². The predicted molar refractivity (Wildman–Crippen MR) is 86.6 cm³/mol. The molecule has 1 atom stereocenters. The summed E-state index contributed by atoms with van der Waals surface area (Å²) >= 11 is 0. The van der Waals surface area contributed by atoms with Crippen molar-refractivity contribution in [2.45, 2.75) is 13.1 Å². The van der Waals surface area contributed by atoms with Crippen LogP contribution in [-0.4, -0.2) is 11.5 Å². The van der Waals surface area contributed by atoms with Crippen molar-refractivity contribution in [1.82, 2.24) is 0 Å². The summed E-state index contributed by atoms with van der Waals surface area (Å²) in [5, 5.41) is 4.15. The number of rotatable bonds is 4. The summed E-state index contributed by atoms with van der Waals surface area (Å²) in [6, 6.07) is 18.0. The normalized spacial score (nSPS) is 14.4. The van der Waals surface area contributed by atoms with Gasteiger partial charge in [0.25, 0.3) is 0 Å². The minimum atomic E-state index is -3.62. The predicted octanol–water partition coefficient (Wildman–Crippen LogP) is 4.71. The lowest BCUT2D eigenvalue weighted by Crippen LogP contribution is -1.96. The molecule has 0 aromatic heterocycles. The van der Waals surface area contributed by atoms with Gasteiger partial charge in [-0.2, -0.15) is 0 Å². The lowest BCUT2D eigenvalue weighted by molar-refractivity contribution is 0.273. The first-order valence-electron chi connectivity index (χ1n) is 6.96. The van der Waals surface area contributed by atoms with Crippen molar-refractivity contribution in [2.75, 3.05) is 6.61 Å². The van der Waals surface area contributed by atoms with E-state index in [2.05, 4.69) is 6.07 Å². The molecule has 3 rings (SSSR count). The van der Waals surface area contributed by atoms with Gasteiger partial charge in [-0.25, -0.2) is 0 Å². The van der Waals surface area contributed by atoms with E-state index in [1.54, 1.807) is 6.92 Å². The Morgan fingerprint density at radius 1 is 1.00 bits per heavy atom. The maximum Gasteiger partial charge on any atom is 0.332 e. The van der Waals surface area contributed by atoms with E-state index < -0.39 is 7.60 Å². The molecule has 0 radical (unpaired) electrons. The average Bonchev–Trinajstić information content (AvgIpc) is 2.47. The largest absolute Gasteiger partial charge is 0.332 e. The molecular weight excluding hydrogens is 283 g/mol. The van der Waals surface area contributed by atoms with Crippen LogP contribution in [-0.2, 0) is 15.3 Å². The van der Waals surface area contributed by atoms with E-state index in [9.17, 15) is 9.46 Å². The van der Waals surface area contributed by atoms with Crippen molar-refractivity contribution >= 4 is 29.1 Å². The Hall–Kier alpha value is -1.67. The minimum absolute atomic E-state index is 0.0305. The zero-order valence-corrected chi connectivity index (χ0v) is 12.7. The van der Waals surface area contributed by atoms with Crippen LogP contribution in [0.3, 0.4) is 0 Å². The van der Waals surface area contributed by atoms with Gasteiger partial charge in [0.05, 0.1) is 12.8 Å². The van der Waals surface area contributed by atoms with Crippen molar-refractivity contribution in [1.29, 1.82) is 0 Å². The van der Waals surface area contributed by atoms with Crippen LogP contribution in [0.25, 0.3) is 21.5 Å². The standard InChI is InChI=1S/C17H17O3P/c1-2-20-21(18,19)12-17-15-9-5-3-7-13(15)11-14-8-4-6-10-16(14)17/h3-11H,2,12H2,1H3,(H,18,19). The molecule has 3 aromatic carbocycles. The monoisotopic (exact) mass is 300 g/mol. The van der Waals surface area contributed by atoms with E-state index in [4.69, 9.17) is 4.52 Å². The Morgan fingerprint density at radius 3 is 2.05 bits per heavy atom. The molecule has 1 unspecified atom stereocenters. The molecule has 0 bridgehead atoms. The molecule has 0 spiro atoms. The van der Waals surface area contributed by atoms with Crippen LogP contribution < -0.4 is 0 Å². The second-order valence-electron chi connectivity index (χ2n) is 5.01. The first kappa shape index (κ1) is 14.3. The third-order valence-corrected chi connectivity index (χ3v) is 4.95. The Balaban J connectivity index is 2.27. The van der Waals surface area contributed by atoms with Crippen LogP contribution in [0, 0.1) is 0 Å². The summed E-state index contributed by atoms with van der Waals surface area (Å²) in [4.78, 5) is 10.0. The lowest BCUT2D eigenvalue weighted by Gasteiger charge is -2.15. The highest BCUT2D eigenvalue weighted by atomic mass is 31.2. The van der Waals surface area contributed by atoms with Crippen LogP contribution >= 0.6 is 7.60 Å². The molecule has 0 heterocycles. The van der Waals surface area contributed by atoms with E-state index in [1.807, 2.05) is 48.5 Å². The molecule has 0 saturated carbocycles. The Kier molecular flexibility index (Phi) is 3.81. The molecular formula is C17H17O3P. The molecule has 0 aliphatic heterocycles. The molecule has 0 saturated heterocycles. The fraction of sp³-hybridized carbons (Fsp3) is 0.176. The molecule has 0 fully saturated rings. The fourth-order valence-electron chi connectivity index (χ4n) is 2.73. The Morgan fingerprint density at radius 2 is 1.52 bits per heavy atom. The van der Waals surface area contributed by atoms with Gasteiger partial charge in [-0.15, -0.1) is 0 Å². The van der Waals surface area contributed by atoms with Gasteiger partial charge in [-0.1, -0.05) is 48.5 Å². The summed E-state index contributed by atoms with van der Waals surface area (Å²) in [7, 11) is -3.62. The fourth-order valence-corrected chi connectivity index (χ4v) is 3.96. The highest BCUT2D eigenvalue weighted by molar-refractivity contribution is 7.52. The molecule has 21 heavy (non-hydrogen) atoms. The SMILES string of the molecule is CCOP(=O)(O)Cc1c2ccccc2cc2ccccc12. The lowest BCUT2D eigenvalue weighted by atomic mass is 9.98. The molecule has 0 aliphatic rings. The minimum Gasteiger partial charge on any atom is -0.324 e. The van der Waals surface area contributed by atoms with Crippen LogP contribution in [0.1, 0.15) is 12.5 Å². The topological polar surface area (TPSA) is 46.5 Å². The smallest absolute Gasteiger partial charge is 0.324 e. The van der Waals surface area contributed by atoms with Gasteiger partial charge >= 0.3 is 7.60 Å². The summed E-state index contributed by atoms with van der Waals surface area (Å²) in [6.07, 6.45) is 0.0305. The third kappa shape index (κ3) is 2.86. The summed E-state index contributed by atoms with van der Waals surface area (Å²) in [5.41, 5.74) is 0.878. The Labute approximate surface area is 123 Å². The highest BCUT2D eigenvalue weighted by Gasteiger charge is 2.22. The van der Waals surface area contributed by atoms with E-state index in [1.165, 1.54) is 0 Å². The molecule has 108 valence electrons. The number of benzene rings is 3. The zero-order valence-electron chi connectivity index (χ0n) is 11.8. The van der Waals surface area contributed by atoms with E-state index in [0.29, 0.717) is 0 Å². The quantitative estimate of drug-likeness (QED) is 0.560. The number of hydrogen-bond donors (Lipinski definition) is 1. The summed E-state index contributed by atoms with van der Waals surface area (Å²) in [5.74, 6) is 0. The van der Waals surface area contributed by atoms with E-state index >= 15 is 0 Å². The van der Waals surface area contributed by atoms with Crippen LogP contribution in [0.15, 0.2) is 54.6 Å². The maximum atomic E-state index is 12.2. The van der Waals surface area contributed by atoms with Gasteiger partial charge < -0.3 is 9.42 Å². The molecule has 4 heteroatoms. The van der Waals surface area contributed by atoms with Crippen molar-refractivity contribution in [3.63, 3.8) is 0 Å². The number of fused-ring (bicyclic) bond motifs is 2. The zero-order chi connectivity index (χ0) is 14.9. The Bertz CT molecular complexity index is 788. The van der Waals surface area contributed by atoms with Crippen LogP contribution in [0.4, 0.5) is 0 Å². The van der Waals surface area contributed by atoms with Gasteiger partial charge in [0.1, 0.15) is 0 Å². The average molecular weight is 300 g/mol. The number of hydrogen-bond acceptors (Lipinski definition) is 2. The summed E-state index contributed by atoms with van der Waals surface area (Å²) < 4.78 is 17.2. The van der Waals surface area contributed by atoms with Crippen molar-refractivity contribution < 1.29 is 14.0 Å². The van der Waals surface area contributed by atoms with E-state index in [-0.39, 0.29) is 12.8 Å². The van der Waals surface area contributed by atoms with Crippen LogP contribution in [0.2, 0.25) is 0 Å². The summed E-state index contributed by atoms with van der Waals surface area (Å²) in [6.45, 7) is 1.96. The van der Waals surface area contributed by atoms with Gasteiger partial charge in [-0.05, 0) is 40.1 Å². The molecule has 1 N–H and O–H groups in total. The second kappa shape index (κ2) is 5.61. The molecule has 0 aliphatic carbocycles. The van der Waals surface area contributed by atoms with Gasteiger partial charge in [-0.3, -0.25) is 4.57 Å². The van der Waals surface area contributed by atoms with E-state index in [0.717, 1.165) is 27.1 Å². The maximum absolute atomic E-state index is 12.2.